The van der Waals surface area contributed by atoms with E-state index in [9.17, 15) is 86.4 Å². The van der Waals surface area contributed by atoms with E-state index in [1.165, 1.54) is 0 Å². The normalized spacial score (nSPS) is 15.9. The van der Waals surface area contributed by atoms with Gasteiger partial charge in [-0.1, -0.05) is 0 Å². The van der Waals surface area contributed by atoms with Crippen molar-refractivity contribution in [2.75, 3.05) is 0 Å². The molecular formula is C4F12N2O8S4Tl. The molecule has 0 radical (unpaired) electrons. The van der Waals surface area contributed by atoms with Crippen molar-refractivity contribution in [1.82, 2.24) is 3.04 Å². The number of nitrogens with zero attached hydrogens (tertiary/aromatic N) is 2. The molecular weight excluding hydrogens is 765 g/mol. The first-order chi connectivity index (χ1) is 13.0. The SMILES string of the molecule is O=S(=O)([N]([Tl][N](S(=O)(=O)C(F)(F)F)S(=O)(=O)C(F)(F)F)S(=O)(=O)C(F)(F)F)C(F)(F)F. The molecule has 0 heterocycles. The van der Waals surface area contributed by atoms with Crippen molar-refractivity contribution in [3.05, 3.63) is 0 Å². The quantitative estimate of drug-likeness (QED) is 0.282. The van der Waals surface area contributed by atoms with Crippen molar-refractivity contribution in [3.63, 3.8) is 0 Å². The van der Waals surface area contributed by atoms with Crippen LogP contribution in [0, 0.1) is 0 Å². The van der Waals surface area contributed by atoms with Crippen LogP contribution in [-0.2, 0) is 40.1 Å². The third-order valence-corrected chi connectivity index (χ3v) is 26.6. The molecule has 185 valence electrons. The van der Waals surface area contributed by atoms with Crippen LogP contribution in [0.5, 0.6) is 0 Å². The average molecular weight is 765 g/mol. The molecule has 0 spiro atoms. The van der Waals surface area contributed by atoms with Gasteiger partial charge in [0.15, 0.2) is 0 Å². The van der Waals surface area contributed by atoms with Crippen LogP contribution >= 0.6 is 0 Å². The van der Waals surface area contributed by atoms with Gasteiger partial charge in [-0.3, -0.25) is 0 Å². The molecule has 0 amide bonds. The Hall–Kier alpha value is -0.198. The summed E-state index contributed by atoms with van der Waals surface area (Å²) in [4.78, 5) is 0. The third-order valence-electron chi connectivity index (χ3n) is 2.31. The van der Waals surface area contributed by atoms with E-state index in [0.717, 1.165) is 0 Å². The summed E-state index contributed by atoms with van der Waals surface area (Å²) in [6.45, 7) is 0. The van der Waals surface area contributed by atoms with Crippen molar-refractivity contribution in [1.29, 1.82) is 0 Å². The molecule has 0 aliphatic rings. The summed E-state index contributed by atoms with van der Waals surface area (Å²) < 4.78 is 233. The summed E-state index contributed by atoms with van der Waals surface area (Å²) in [6.07, 6.45) is 0. The van der Waals surface area contributed by atoms with E-state index in [1.54, 1.807) is 0 Å². The molecule has 0 atom stereocenters. The van der Waals surface area contributed by atoms with Gasteiger partial charge in [-0.2, -0.15) is 0 Å². The summed E-state index contributed by atoms with van der Waals surface area (Å²) in [6, 6.07) is 0. The molecule has 0 aromatic rings. The Balaban J connectivity index is 7.46. The molecule has 0 N–H and O–H groups in total. The third kappa shape index (κ3) is 5.66. The van der Waals surface area contributed by atoms with Crippen LogP contribution in [0.1, 0.15) is 0 Å². The Morgan fingerprint density at radius 3 is 0.613 bits per heavy atom. The molecule has 0 aliphatic carbocycles. The van der Waals surface area contributed by atoms with E-state index in [1.807, 2.05) is 0 Å². The van der Waals surface area contributed by atoms with E-state index in [4.69, 9.17) is 0 Å². The van der Waals surface area contributed by atoms with Gasteiger partial charge in [0.2, 0.25) is 0 Å². The van der Waals surface area contributed by atoms with Crippen LogP contribution in [0.2, 0.25) is 0 Å². The second kappa shape index (κ2) is 8.23. The van der Waals surface area contributed by atoms with Gasteiger partial charge in [-0.15, -0.1) is 0 Å². The molecule has 0 aliphatic heterocycles. The Labute approximate surface area is 176 Å². The predicted octanol–water partition coefficient (Wildman–Crippen LogP) is 0.523. The van der Waals surface area contributed by atoms with Gasteiger partial charge < -0.3 is 0 Å². The van der Waals surface area contributed by atoms with Gasteiger partial charge in [0.25, 0.3) is 0 Å². The zero-order chi connectivity index (χ0) is 25.9. The fourth-order valence-corrected chi connectivity index (χ4v) is 22.8. The van der Waals surface area contributed by atoms with Crippen molar-refractivity contribution in [2.24, 2.45) is 0 Å². The number of sulfonamides is 4. The first-order valence-electron chi connectivity index (χ1n) is 5.66. The van der Waals surface area contributed by atoms with Crippen molar-refractivity contribution < 1.29 is 86.4 Å². The number of halogens is 12. The Morgan fingerprint density at radius 1 is 0.387 bits per heavy atom. The average Bonchev–Trinajstić information content (AvgIpc) is 2.41. The topological polar surface area (TPSA) is 143 Å². The van der Waals surface area contributed by atoms with Crippen molar-refractivity contribution in [3.8, 4) is 0 Å². The Kier molecular flexibility index (Phi) is 8.18. The predicted molar refractivity (Wildman–Crippen MR) is 69.3 cm³/mol. The summed E-state index contributed by atoms with van der Waals surface area (Å²) in [5.41, 5.74) is -28.7. The Morgan fingerprint density at radius 2 is 0.516 bits per heavy atom. The molecule has 0 aromatic heterocycles. The van der Waals surface area contributed by atoms with Crippen LogP contribution in [-0.4, -0.2) is 83.6 Å². The number of rotatable bonds is 6. The molecule has 0 saturated carbocycles. The van der Waals surface area contributed by atoms with Gasteiger partial charge in [-0.05, 0) is 0 Å². The fourth-order valence-electron chi connectivity index (χ4n) is 0.992. The monoisotopic (exact) mass is 765 g/mol. The number of alkyl halides is 12. The van der Waals surface area contributed by atoms with Gasteiger partial charge in [0.1, 0.15) is 0 Å². The number of hydrogen-bond acceptors (Lipinski definition) is 8. The van der Waals surface area contributed by atoms with E-state index >= 15 is 0 Å². The minimum absolute atomic E-state index is 3.04. The minimum atomic E-state index is -8.07. The molecule has 0 unspecified atom stereocenters. The Bertz CT molecular complexity index is 933. The van der Waals surface area contributed by atoms with E-state index < -0.39 is 90.0 Å². The van der Waals surface area contributed by atoms with Gasteiger partial charge in [0.05, 0.1) is 0 Å². The van der Waals surface area contributed by atoms with Crippen LogP contribution in [0.3, 0.4) is 0 Å². The van der Waals surface area contributed by atoms with Crippen molar-refractivity contribution in [2.45, 2.75) is 22.0 Å². The maximum absolute atomic E-state index is 12.5. The second-order valence-corrected chi connectivity index (χ2v) is 22.8. The summed E-state index contributed by atoms with van der Waals surface area (Å²) in [7, 11) is -32.3. The molecule has 31 heavy (non-hydrogen) atoms. The van der Waals surface area contributed by atoms with E-state index in [2.05, 4.69) is 0 Å². The summed E-state index contributed by atoms with van der Waals surface area (Å²) >= 11 is -6.94. The first-order valence-corrected chi connectivity index (χ1v) is 15.4. The van der Waals surface area contributed by atoms with E-state index in [-0.39, 0.29) is 0 Å². The summed E-state index contributed by atoms with van der Waals surface area (Å²) in [5.74, 6) is 0. The van der Waals surface area contributed by atoms with Gasteiger partial charge in [-0.25, -0.2) is 0 Å². The molecule has 0 saturated heterocycles. The molecule has 0 aromatic carbocycles. The molecule has 0 bridgehead atoms. The fraction of sp³-hybridized carbons (Fsp3) is 1.00. The summed E-state index contributed by atoms with van der Waals surface area (Å²) in [5, 5.41) is 0. The second-order valence-electron chi connectivity index (χ2n) is 4.37. The standard InChI is InChI=1S/2C2F6NO4S2.Tl/c2*3-1(4,5)14(10,11)9-15(12,13)2(6,7)8;/q2*-1;+2. The van der Waals surface area contributed by atoms with Gasteiger partial charge in [0, 0.05) is 0 Å². The van der Waals surface area contributed by atoms with Crippen LogP contribution < -0.4 is 0 Å². The van der Waals surface area contributed by atoms with Crippen LogP contribution in [0.15, 0.2) is 0 Å². The maximum atomic E-state index is 12.5. The number of hydrogen-bond donors (Lipinski definition) is 0. The molecule has 0 fully saturated rings. The molecule has 10 nitrogen and oxygen atoms in total. The first kappa shape index (κ1) is 30.8. The molecule has 0 rings (SSSR count). The van der Waals surface area contributed by atoms with Crippen LogP contribution in [0.25, 0.3) is 0 Å². The van der Waals surface area contributed by atoms with Crippen LogP contribution in [0.4, 0.5) is 52.7 Å². The molecule has 27 heteroatoms. The van der Waals surface area contributed by atoms with E-state index in [0.29, 0.717) is 0 Å². The van der Waals surface area contributed by atoms with Gasteiger partial charge >= 0.3 is 176 Å². The zero-order valence-corrected chi connectivity index (χ0v) is 20.7. The zero-order valence-electron chi connectivity index (χ0n) is 12.9. The van der Waals surface area contributed by atoms with Crippen molar-refractivity contribution >= 4 is 64.9 Å².